The van der Waals surface area contributed by atoms with Gasteiger partial charge in [-0.3, -0.25) is 9.69 Å². The lowest BCUT2D eigenvalue weighted by Gasteiger charge is -2.33. The monoisotopic (exact) mass is 480 g/mol. The molecule has 2 N–H and O–H groups in total. The minimum Gasteiger partial charge on any atom is -0.508 e. The summed E-state index contributed by atoms with van der Waals surface area (Å²) in [6.45, 7) is 1.68. The van der Waals surface area contributed by atoms with Crippen LogP contribution in [0.5, 0.6) is 5.75 Å². The molecule has 8 nitrogen and oxygen atoms in total. The summed E-state index contributed by atoms with van der Waals surface area (Å²) in [5.74, 6) is -0.165. The molecule has 1 heterocycles. The Morgan fingerprint density at radius 3 is 2.48 bits per heavy atom. The molecule has 3 rings (SSSR count). The number of amides is 1. The molecule has 0 aromatic heterocycles. The first-order valence-corrected chi connectivity index (χ1v) is 11.2. The van der Waals surface area contributed by atoms with Crippen molar-refractivity contribution in [2.45, 2.75) is 4.90 Å². The Bertz CT molecular complexity index is 988. The van der Waals surface area contributed by atoms with E-state index >= 15 is 0 Å². The maximum absolute atomic E-state index is 12.7. The Kier molecular flexibility index (Phi) is 7.01. The van der Waals surface area contributed by atoms with Gasteiger partial charge in [0.1, 0.15) is 5.75 Å². The van der Waals surface area contributed by atoms with Crippen molar-refractivity contribution in [2.24, 2.45) is 5.10 Å². The Morgan fingerprint density at radius 2 is 1.83 bits per heavy atom. The molecule has 1 aliphatic rings. The summed E-state index contributed by atoms with van der Waals surface area (Å²) in [5, 5.41) is 13.3. The number of carbonyl (C=O) groups excluding carboxylic acids is 1. The molecule has 1 amide bonds. The zero-order chi connectivity index (χ0) is 20.9. The number of nitrogens with one attached hydrogen (secondary N) is 1. The second kappa shape index (κ2) is 9.49. The van der Waals surface area contributed by atoms with Crippen molar-refractivity contribution in [3.63, 3.8) is 0 Å². The standard InChI is InChI=1S/C19H21BrN4O4S/c20-16-4-6-18(7-5-16)29(27,28)24-10-8-23(9-11-24)14-19(26)22-21-13-15-2-1-3-17(25)12-15/h1-7,12-13,25H,8-11,14H2,(H,22,26). The van der Waals surface area contributed by atoms with E-state index in [4.69, 9.17) is 0 Å². The van der Waals surface area contributed by atoms with Gasteiger partial charge in [0.05, 0.1) is 17.7 Å². The van der Waals surface area contributed by atoms with Crippen LogP contribution >= 0.6 is 15.9 Å². The van der Waals surface area contributed by atoms with Gasteiger partial charge in [-0.05, 0) is 42.0 Å². The van der Waals surface area contributed by atoms with Crippen LogP contribution in [0, 0.1) is 0 Å². The van der Waals surface area contributed by atoms with Crippen LogP contribution in [0.2, 0.25) is 0 Å². The summed E-state index contributed by atoms with van der Waals surface area (Å²) in [4.78, 5) is 14.2. The van der Waals surface area contributed by atoms with Gasteiger partial charge >= 0.3 is 0 Å². The highest BCUT2D eigenvalue weighted by Crippen LogP contribution is 2.20. The molecule has 1 saturated heterocycles. The lowest BCUT2D eigenvalue weighted by atomic mass is 10.2. The number of nitrogens with zero attached hydrogens (tertiary/aromatic N) is 3. The third-order valence-corrected chi connectivity index (χ3v) is 6.86. The molecule has 2 aromatic rings. The van der Waals surface area contributed by atoms with E-state index in [1.165, 1.54) is 16.6 Å². The van der Waals surface area contributed by atoms with Crippen LogP contribution in [0.15, 0.2) is 63.0 Å². The van der Waals surface area contributed by atoms with E-state index in [-0.39, 0.29) is 23.1 Å². The van der Waals surface area contributed by atoms with Crippen LogP contribution in [0.4, 0.5) is 0 Å². The van der Waals surface area contributed by atoms with Crippen molar-refractivity contribution in [2.75, 3.05) is 32.7 Å². The molecule has 0 radical (unpaired) electrons. The summed E-state index contributed by atoms with van der Waals surface area (Å²) in [6.07, 6.45) is 1.44. The summed E-state index contributed by atoms with van der Waals surface area (Å²) >= 11 is 3.30. The third kappa shape index (κ3) is 5.86. The molecule has 0 unspecified atom stereocenters. The smallest absolute Gasteiger partial charge is 0.254 e. The molecule has 2 aromatic carbocycles. The molecule has 0 spiro atoms. The van der Waals surface area contributed by atoms with Crippen LogP contribution in [0.3, 0.4) is 0 Å². The van der Waals surface area contributed by atoms with Gasteiger partial charge in [-0.2, -0.15) is 9.41 Å². The fourth-order valence-corrected chi connectivity index (χ4v) is 4.59. The first-order valence-electron chi connectivity index (χ1n) is 8.93. The number of aromatic hydroxyl groups is 1. The van der Waals surface area contributed by atoms with Gasteiger partial charge < -0.3 is 5.11 Å². The van der Waals surface area contributed by atoms with Gasteiger partial charge in [-0.15, -0.1) is 0 Å². The molecule has 10 heteroatoms. The maximum Gasteiger partial charge on any atom is 0.254 e. The molecular weight excluding hydrogens is 460 g/mol. The number of piperazine rings is 1. The first-order chi connectivity index (χ1) is 13.8. The largest absolute Gasteiger partial charge is 0.508 e. The molecular formula is C19H21BrN4O4S. The number of rotatable bonds is 6. The predicted molar refractivity (Wildman–Crippen MR) is 113 cm³/mol. The SMILES string of the molecule is O=C(CN1CCN(S(=O)(=O)c2ccc(Br)cc2)CC1)NN=Cc1cccc(O)c1. The quantitative estimate of drug-likeness (QED) is 0.482. The average Bonchev–Trinajstić information content (AvgIpc) is 2.69. The highest BCUT2D eigenvalue weighted by Gasteiger charge is 2.28. The highest BCUT2D eigenvalue weighted by atomic mass is 79.9. The summed E-state index contributed by atoms with van der Waals surface area (Å²) in [5.41, 5.74) is 3.11. The second-order valence-electron chi connectivity index (χ2n) is 6.52. The predicted octanol–water partition coefficient (Wildman–Crippen LogP) is 1.61. The van der Waals surface area contributed by atoms with Crippen LogP contribution in [-0.4, -0.2) is 67.6 Å². The van der Waals surface area contributed by atoms with E-state index < -0.39 is 10.0 Å². The zero-order valence-corrected chi connectivity index (χ0v) is 17.9. The molecule has 1 aliphatic heterocycles. The van der Waals surface area contributed by atoms with Crippen LogP contribution in [0.1, 0.15) is 5.56 Å². The Labute approximate surface area is 178 Å². The average molecular weight is 481 g/mol. The van der Waals surface area contributed by atoms with E-state index in [9.17, 15) is 18.3 Å². The van der Waals surface area contributed by atoms with E-state index in [0.717, 1.165) is 4.47 Å². The molecule has 0 saturated carbocycles. The van der Waals surface area contributed by atoms with Crippen molar-refractivity contribution in [1.82, 2.24) is 14.6 Å². The number of phenolic OH excluding ortho intramolecular Hbond substituents is 1. The van der Waals surface area contributed by atoms with Crippen LogP contribution < -0.4 is 5.43 Å². The number of hydrogen-bond acceptors (Lipinski definition) is 6. The topological polar surface area (TPSA) is 102 Å². The highest BCUT2D eigenvalue weighted by molar-refractivity contribution is 9.10. The molecule has 1 fully saturated rings. The Hall–Kier alpha value is -2.27. The van der Waals surface area contributed by atoms with Gasteiger partial charge in [0, 0.05) is 30.7 Å². The second-order valence-corrected chi connectivity index (χ2v) is 9.38. The van der Waals surface area contributed by atoms with Crippen molar-refractivity contribution in [3.8, 4) is 5.75 Å². The molecule has 0 aliphatic carbocycles. The number of halogens is 1. The van der Waals surface area contributed by atoms with Crippen molar-refractivity contribution < 1.29 is 18.3 Å². The Morgan fingerprint density at radius 1 is 1.14 bits per heavy atom. The minimum atomic E-state index is -3.54. The molecule has 154 valence electrons. The van der Waals surface area contributed by atoms with Crippen molar-refractivity contribution >= 4 is 38.1 Å². The zero-order valence-electron chi connectivity index (χ0n) is 15.5. The summed E-state index contributed by atoms with van der Waals surface area (Å²) < 4.78 is 27.7. The molecule has 29 heavy (non-hydrogen) atoms. The van der Waals surface area contributed by atoms with E-state index in [0.29, 0.717) is 31.7 Å². The molecule has 0 atom stereocenters. The van der Waals surface area contributed by atoms with Gasteiger partial charge in [0.25, 0.3) is 5.91 Å². The number of hydrazone groups is 1. The first kappa shape index (κ1) is 21.4. The fourth-order valence-electron chi connectivity index (χ4n) is 2.91. The van der Waals surface area contributed by atoms with Gasteiger partial charge in [0.15, 0.2) is 0 Å². The number of phenols is 1. The lowest BCUT2D eigenvalue weighted by Crippen LogP contribution is -2.50. The summed E-state index contributed by atoms with van der Waals surface area (Å²) in [7, 11) is -3.54. The number of benzene rings is 2. The minimum absolute atomic E-state index is 0.122. The molecule has 0 bridgehead atoms. The van der Waals surface area contributed by atoms with Crippen molar-refractivity contribution in [3.05, 3.63) is 58.6 Å². The lowest BCUT2D eigenvalue weighted by molar-refractivity contribution is -0.122. The number of sulfonamides is 1. The van der Waals surface area contributed by atoms with E-state index in [1.54, 1.807) is 42.5 Å². The number of hydrogen-bond donors (Lipinski definition) is 2. The van der Waals surface area contributed by atoms with Crippen LogP contribution in [-0.2, 0) is 14.8 Å². The Balaban J connectivity index is 1.48. The van der Waals surface area contributed by atoms with E-state index in [2.05, 4.69) is 26.5 Å². The van der Waals surface area contributed by atoms with Crippen LogP contribution in [0.25, 0.3) is 0 Å². The van der Waals surface area contributed by atoms with Gasteiger partial charge in [-0.25, -0.2) is 13.8 Å². The normalized spacial score (nSPS) is 16.2. The van der Waals surface area contributed by atoms with Gasteiger partial charge in [0.2, 0.25) is 10.0 Å². The number of carbonyl (C=O) groups is 1. The van der Waals surface area contributed by atoms with Gasteiger partial charge in [-0.1, -0.05) is 28.1 Å². The summed E-state index contributed by atoms with van der Waals surface area (Å²) in [6, 6.07) is 13.1. The van der Waals surface area contributed by atoms with E-state index in [1.807, 2.05) is 4.90 Å². The third-order valence-electron chi connectivity index (χ3n) is 4.42. The fraction of sp³-hybridized carbons (Fsp3) is 0.263. The van der Waals surface area contributed by atoms with Crippen molar-refractivity contribution in [1.29, 1.82) is 0 Å². The maximum atomic E-state index is 12.7.